The van der Waals surface area contributed by atoms with Crippen molar-refractivity contribution < 1.29 is 37.4 Å². The Morgan fingerprint density at radius 2 is 2.33 bits per heavy atom. The fourth-order valence-corrected chi connectivity index (χ4v) is 1.78. The molecule has 1 aliphatic rings. The van der Waals surface area contributed by atoms with Crippen LogP contribution in [0.3, 0.4) is 0 Å². The van der Waals surface area contributed by atoms with E-state index in [0.717, 1.165) is 37.3 Å². The molecule has 0 bridgehead atoms. The molecule has 1 unspecified atom stereocenters. The summed E-state index contributed by atoms with van der Waals surface area (Å²) in [5, 5.41) is 0. The van der Waals surface area contributed by atoms with Crippen molar-refractivity contribution in [1.82, 2.24) is 4.98 Å². The number of aromatic nitrogens is 1. The molecule has 1 radical (unpaired) electrons. The molecule has 0 amide bonds. The van der Waals surface area contributed by atoms with Gasteiger partial charge in [0.15, 0.2) is 0 Å². The van der Waals surface area contributed by atoms with Crippen molar-refractivity contribution in [3.8, 4) is 11.8 Å². The third-order valence-corrected chi connectivity index (χ3v) is 2.90. The first-order valence-electron chi connectivity index (χ1n) is 6.22. The van der Waals surface area contributed by atoms with Gasteiger partial charge in [0, 0.05) is 45.2 Å². The van der Waals surface area contributed by atoms with Crippen LogP contribution in [-0.2, 0) is 37.4 Å². The maximum absolute atomic E-state index is 5.39. The third kappa shape index (κ3) is 4.80. The first kappa shape index (κ1) is 15.8. The van der Waals surface area contributed by atoms with Crippen LogP contribution >= 0.6 is 0 Å². The number of pyridine rings is 1. The minimum Gasteiger partial charge on any atom is -0.380 e. The molecule has 0 saturated carbocycles. The number of rotatable bonds is 1. The fourth-order valence-electron chi connectivity index (χ4n) is 1.78. The standard InChI is InChI=1S/C15H18NO.Y/c1-12(2)14-6-8-15(16-10-14)7-5-13-4-3-9-17-11-13;/h8,10,12-13H,3-4,9,11H2,1-2H3;/q-1;. The zero-order valence-corrected chi connectivity index (χ0v) is 13.9. The second-order valence-corrected chi connectivity index (χ2v) is 4.73. The maximum atomic E-state index is 5.39. The van der Waals surface area contributed by atoms with Crippen molar-refractivity contribution in [2.45, 2.75) is 32.6 Å². The molecule has 2 heterocycles. The van der Waals surface area contributed by atoms with E-state index in [9.17, 15) is 0 Å². The average molecular weight is 317 g/mol. The maximum Gasteiger partial charge on any atom is 0.0603 e. The van der Waals surface area contributed by atoms with Crippen LogP contribution in [0.2, 0.25) is 0 Å². The minimum atomic E-state index is 0. The molecule has 1 saturated heterocycles. The summed E-state index contributed by atoms with van der Waals surface area (Å²) in [5.41, 5.74) is 1.94. The Balaban J connectivity index is 0.00000162. The molecule has 1 aromatic rings. The normalized spacial score (nSPS) is 18.7. The van der Waals surface area contributed by atoms with Gasteiger partial charge in [-0.05, 0) is 24.5 Å². The summed E-state index contributed by atoms with van der Waals surface area (Å²) in [4.78, 5) is 4.34. The van der Waals surface area contributed by atoms with E-state index in [0.29, 0.717) is 11.8 Å². The molecule has 1 aliphatic heterocycles. The van der Waals surface area contributed by atoms with Crippen LogP contribution in [0.1, 0.15) is 43.9 Å². The topological polar surface area (TPSA) is 22.1 Å². The molecule has 1 atom stereocenters. The smallest absolute Gasteiger partial charge is 0.0603 e. The Hall–Kier alpha value is -0.226. The summed E-state index contributed by atoms with van der Waals surface area (Å²) in [6, 6.07) is 5.11. The van der Waals surface area contributed by atoms with Crippen molar-refractivity contribution in [1.29, 1.82) is 0 Å². The van der Waals surface area contributed by atoms with Crippen LogP contribution in [0.4, 0.5) is 0 Å². The van der Waals surface area contributed by atoms with E-state index in [4.69, 9.17) is 4.74 Å². The van der Waals surface area contributed by atoms with Gasteiger partial charge < -0.3 is 9.72 Å². The molecular formula is C15H18NOY-. The second-order valence-electron chi connectivity index (χ2n) is 4.73. The van der Waals surface area contributed by atoms with Crippen LogP contribution in [0.25, 0.3) is 0 Å². The molecule has 1 aromatic heterocycles. The van der Waals surface area contributed by atoms with Crippen molar-refractivity contribution in [2.24, 2.45) is 5.92 Å². The zero-order valence-electron chi connectivity index (χ0n) is 11.1. The Kier molecular flexibility index (Phi) is 7.08. The van der Waals surface area contributed by atoms with Gasteiger partial charge in [0.2, 0.25) is 0 Å². The van der Waals surface area contributed by atoms with Crippen LogP contribution < -0.4 is 0 Å². The molecular weight excluding hydrogens is 299 g/mol. The van der Waals surface area contributed by atoms with Gasteiger partial charge in [-0.15, -0.1) is 23.5 Å². The van der Waals surface area contributed by atoms with E-state index in [-0.39, 0.29) is 32.7 Å². The van der Waals surface area contributed by atoms with Gasteiger partial charge in [0.25, 0.3) is 0 Å². The van der Waals surface area contributed by atoms with Crippen LogP contribution in [0.15, 0.2) is 12.3 Å². The van der Waals surface area contributed by atoms with Crippen LogP contribution in [0, 0.1) is 23.8 Å². The van der Waals surface area contributed by atoms with E-state index in [1.54, 1.807) is 0 Å². The first-order valence-corrected chi connectivity index (χ1v) is 6.22. The zero-order chi connectivity index (χ0) is 12.1. The van der Waals surface area contributed by atoms with E-state index < -0.39 is 0 Å². The number of hydrogen-bond acceptors (Lipinski definition) is 2. The Bertz CT molecular complexity index is 410. The predicted molar refractivity (Wildman–Crippen MR) is 67.6 cm³/mol. The van der Waals surface area contributed by atoms with Gasteiger partial charge in [-0.2, -0.15) is 6.07 Å². The summed E-state index contributed by atoms with van der Waals surface area (Å²) in [7, 11) is 0. The Labute approximate surface area is 135 Å². The van der Waals surface area contributed by atoms with Gasteiger partial charge in [0.1, 0.15) is 0 Å². The van der Waals surface area contributed by atoms with E-state index in [1.807, 2.05) is 12.3 Å². The molecule has 1 fully saturated rings. The largest absolute Gasteiger partial charge is 0.380 e. The molecule has 93 valence electrons. The Morgan fingerprint density at radius 3 is 2.89 bits per heavy atom. The van der Waals surface area contributed by atoms with Crippen molar-refractivity contribution in [2.75, 3.05) is 13.2 Å². The molecule has 18 heavy (non-hydrogen) atoms. The molecule has 0 aliphatic carbocycles. The summed E-state index contributed by atoms with van der Waals surface area (Å²) >= 11 is 0. The molecule has 2 rings (SSSR count). The van der Waals surface area contributed by atoms with Gasteiger partial charge in [-0.25, -0.2) is 0 Å². The van der Waals surface area contributed by atoms with Crippen molar-refractivity contribution in [3.63, 3.8) is 0 Å². The Morgan fingerprint density at radius 1 is 1.50 bits per heavy atom. The average Bonchev–Trinajstić information content (AvgIpc) is 2.38. The third-order valence-electron chi connectivity index (χ3n) is 2.90. The number of ether oxygens (including phenoxy) is 1. The van der Waals surface area contributed by atoms with Crippen LogP contribution in [0.5, 0.6) is 0 Å². The van der Waals surface area contributed by atoms with Crippen molar-refractivity contribution >= 4 is 0 Å². The van der Waals surface area contributed by atoms with E-state index >= 15 is 0 Å². The summed E-state index contributed by atoms with van der Waals surface area (Å²) in [6.45, 7) is 5.92. The van der Waals surface area contributed by atoms with Crippen molar-refractivity contribution in [3.05, 3.63) is 29.6 Å². The van der Waals surface area contributed by atoms with Gasteiger partial charge in [0.05, 0.1) is 6.61 Å². The molecule has 0 aromatic carbocycles. The summed E-state index contributed by atoms with van der Waals surface area (Å²) in [6.07, 6.45) is 4.12. The first-order chi connectivity index (χ1) is 8.25. The molecule has 0 spiro atoms. The number of hydrogen-bond donors (Lipinski definition) is 0. The quantitative estimate of drug-likeness (QED) is 0.587. The van der Waals surface area contributed by atoms with Crippen LogP contribution in [-0.4, -0.2) is 18.2 Å². The van der Waals surface area contributed by atoms with Gasteiger partial charge >= 0.3 is 0 Å². The summed E-state index contributed by atoms with van der Waals surface area (Å²) < 4.78 is 5.39. The van der Waals surface area contributed by atoms with E-state index in [1.165, 1.54) is 0 Å². The number of nitrogens with zero attached hydrogens (tertiary/aromatic N) is 1. The predicted octanol–water partition coefficient (Wildman–Crippen LogP) is 2.78. The summed E-state index contributed by atoms with van der Waals surface area (Å²) in [5.74, 6) is 7.18. The molecule has 3 heteroatoms. The SMILES string of the molecule is CC(C)c1[c-]cc(C#CC2CCCOC2)nc1.[Y]. The minimum absolute atomic E-state index is 0. The van der Waals surface area contributed by atoms with E-state index in [2.05, 4.69) is 36.7 Å². The monoisotopic (exact) mass is 317 g/mol. The van der Waals surface area contributed by atoms with Gasteiger partial charge in [-0.3, -0.25) is 0 Å². The molecule has 0 N–H and O–H groups in total. The second kappa shape index (κ2) is 8.05. The fraction of sp³-hybridized carbons (Fsp3) is 0.533. The van der Waals surface area contributed by atoms with Gasteiger partial charge in [-0.1, -0.05) is 20.0 Å². The molecule has 2 nitrogen and oxygen atoms in total.